The summed E-state index contributed by atoms with van der Waals surface area (Å²) < 4.78 is 5.37. The number of rotatable bonds is 3. The molecule has 0 radical (unpaired) electrons. The van der Waals surface area contributed by atoms with E-state index in [0.717, 1.165) is 0 Å². The van der Waals surface area contributed by atoms with Crippen LogP contribution in [0.2, 0.25) is 0 Å². The molecule has 0 amide bonds. The van der Waals surface area contributed by atoms with Crippen molar-refractivity contribution in [2.24, 2.45) is 22.7 Å². The standard InChI is InChI=1S/C25H34O7/c1-6-13(2)21(29)32-12-15-10-16-17-22(4,5)24(17,30)9-7-8-23(20(16)28)11-14(3)18(26)25(23,31)19(15)27/h6,10-11,16-19,26-27,30-31H,7-9,12H2,1-5H3/b13-6-/t16-,17+,18-,19+,23+,24-,25+/m0/s1. The SMILES string of the molecule is C/C=C(/C)C(=O)OCC1=C[C@@H]2C(=O)[C@]3(C=C(C)[C@H](O)[C@@]3(O)[C@@H]1O)CCC[C@]1(O)[C@H]2C1(C)C. The number of ether oxygens (including phenoxy) is 1. The molecule has 2 bridgehead atoms. The van der Waals surface area contributed by atoms with E-state index in [1.807, 2.05) is 13.8 Å². The van der Waals surface area contributed by atoms with Crippen molar-refractivity contribution in [3.63, 3.8) is 0 Å². The molecule has 4 aliphatic rings. The molecule has 4 N–H and O–H groups in total. The van der Waals surface area contributed by atoms with Crippen molar-refractivity contribution >= 4 is 11.8 Å². The molecule has 7 nitrogen and oxygen atoms in total. The number of hydrogen-bond acceptors (Lipinski definition) is 7. The van der Waals surface area contributed by atoms with Crippen LogP contribution in [0.3, 0.4) is 0 Å². The lowest BCUT2D eigenvalue weighted by atomic mass is 9.62. The van der Waals surface area contributed by atoms with E-state index in [2.05, 4.69) is 0 Å². The Morgan fingerprint density at radius 2 is 1.88 bits per heavy atom. The first-order valence-electron chi connectivity index (χ1n) is 11.3. The molecule has 176 valence electrons. The molecule has 2 fully saturated rings. The number of carbonyl (C=O) groups is 2. The van der Waals surface area contributed by atoms with Crippen LogP contribution in [0.15, 0.2) is 34.9 Å². The molecule has 0 aliphatic heterocycles. The number of ketones is 1. The van der Waals surface area contributed by atoms with Crippen molar-refractivity contribution in [3.05, 3.63) is 34.9 Å². The molecule has 0 heterocycles. The van der Waals surface area contributed by atoms with E-state index in [4.69, 9.17) is 4.74 Å². The minimum atomic E-state index is -2.18. The Kier molecular flexibility index (Phi) is 5.18. The van der Waals surface area contributed by atoms with Crippen LogP contribution < -0.4 is 0 Å². The van der Waals surface area contributed by atoms with Crippen molar-refractivity contribution in [1.29, 1.82) is 0 Å². The molecular formula is C25H34O7. The summed E-state index contributed by atoms with van der Waals surface area (Å²) in [5, 5.41) is 45.5. The molecule has 4 aliphatic carbocycles. The smallest absolute Gasteiger partial charge is 0.333 e. The summed E-state index contributed by atoms with van der Waals surface area (Å²) in [6.45, 7) is 8.46. The summed E-state index contributed by atoms with van der Waals surface area (Å²) >= 11 is 0. The van der Waals surface area contributed by atoms with E-state index in [9.17, 15) is 30.0 Å². The highest BCUT2D eigenvalue weighted by Gasteiger charge is 2.77. The van der Waals surface area contributed by atoms with Crippen molar-refractivity contribution in [1.82, 2.24) is 0 Å². The molecule has 0 aromatic carbocycles. The number of Topliss-reactive ketones (excluding diaryl/α,β-unsaturated/α-hetero) is 1. The largest absolute Gasteiger partial charge is 0.458 e. The van der Waals surface area contributed by atoms with Gasteiger partial charge in [-0.25, -0.2) is 4.79 Å². The Balaban J connectivity index is 1.84. The first-order chi connectivity index (χ1) is 14.8. The van der Waals surface area contributed by atoms with Gasteiger partial charge in [-0.3, -0.25) is 4.79 Å². The van der Waals surface area contributed by atoms with E-state index in [0.29, 0.717) is 24.0 Å². The first-order valence-corrected chi connectivity index (χ1v) is 11.3. The zero-order valence-corrected chi connectivity index (χ0v) is 19.4. The van der Waals surface area contributed by atoms with Crippen LogP contribution in [0.4, 0.5) is 0 Å². The van der Waals surface area contributed by atoms with Gasteiger partial charge < -0.3 is 25.2 Å². The fourth-order valence-electron chi connectivity index (χ4n) is 6.70. The van der Waals surface area contributed by atoms with Gasteiger partial charge in [0, 0.05) is 22.8 Å². The van der Waals surface area contributed by atoms with Crippen molar-refractivity contribution in [2.75, 3.05) is 6.61 Å². The van der Waals surface area contributed by atoms with E-state index in [1.165, 1.54) is 0 Å². The van der Waals surface area contributed by atoms with Crippen LogP contribution in [0.1, 0.15) is 53.9 Å². The van der Waals surface area contributed by atoms with Gasteiger partial charge in [0.2, 0.25) is 0 Å². The minimum absolute atomic E-state index is 0.166. The molecule has 0 aromatic rings. The van der Waals surface area contributed by atoms with Gasteiger partial charge in [-0.05, 0) is 51.2 Å². The number of allylic oxidation sites excluding steroid dienone is 2. The zero-order valence-electron chi connectivity index (χ0n) is 19.4. The second-order valence-electron chi connectivity index (χ2n) is 10.6. The average molecular weight is 447 g/mol. The fourth-order valence-corrected chi connectivity index (χ4v) is 6.70. The molecule has 32 heavy (non-hydrogen) atoms. The van der Waals surface area contributed by atoms with Gasteiger partial charge in [-0.2, -0.15) is 0 Å². The summed E-state index contributed by atoms with van der Waals surface area (Å²) in [7, 11) is 0. The number of fused-ring (bicyclic) bond motifs is 3. The van der Waals surface area contributed by atoms with Crippen LogP contribution in [0, 0.1) is 22.7 Å². The normalized spacial score (nSPS) is 44.9. The molecule has 0 aromatic heterocycles. The quantitative estimate of drug-likeness (QED) is 0.295. The van der Waals surface area contributed by atoms with Crippen LogP contribution >= 0.6 is 0 Å². The predicted molar refractivity (Wildman–Crippen MR) is 116 cm³/mol. The Labute approximate surface area is 188 Å². The van der Waals surface area contributed by atoms with Gasteiger partial charge in [0.05, 0.1) is 11.0 Å². The number of aliphatic hydroxyl groups excluding tert-OH is 2. The molecule has 2 saturated carbocycles. The third-order valence-electron chi connectivity index (χ3n) is 8.88. The Morgan fingerprint density at radius 3 is 2.50 bits per heavy atom. The monoisotopic (exact) mass is 446 g/mol. The second kappa shape index (κ2) is 7.10. The molecule has 7 atom stereocenters. The second-order valence-corrected chi connectivity index (χ2v) is 10.6. The van der Waals surface area contributed by atoms with Crippen LogP contribution in [-0.4, -0.2) is 62.2 Å². The van der Waals surface area contributed by atoms with Crippen molar-refractivity contribution in [3.8, 4) is 0 Å². The fraction of sp³-hybridized carbons (Fsp3) is 0.680. The highest BCUT2D eigenvalue weighted by molar-refractivity contribution is 5.95. The van der Waals surface area contributed by atoms with Crippen molar-refractivity contribution in [2.45, 2.75) is 77.3 Å². The average Bonchev–Trinajstić information content (AvgIpc) is 3.11. The summed E-state index contributed by atoms with van der Waals surface area (Å²) in [6.07, 6.45) is 2.85. The Bertz CT molecular complexity index is 959. The first kappa shape index (κ1) is 23.4. The molecule has 7 heteroatoms. The third-order valence-corrected chi connectivity index (χ3v) is 8.88. The predicted octanol–water partition coefficient (Wildman–Crippen LogP) is 1.59. The van der Waals surface area contributed by atoms with E-state index < -0.39 is 52.0 Å². The molecule has 1 spiro atoms. The summed E-state index contributed by atoms with van der Waals surface area (Å²) in [5.74, 6) is -2.07. The van der Waals surface area contributed by atoms with Crippen LogP contribution in [-0.2, 0) is 14.3 Å². The molecule has 0 unspecified atom stereocenters. The maximum absolute atomic E-state index is 14.1. The number of esters is 1. The number of aliphatic hydroxyl groups is 4. The van der Waals surface area contributed by atoms with Crippen molar-refractivity contribution < 1.29 is 34.8 Å². The van der Waals surface area contributed by atoms with Crippen LogP contribution in [0.25, 0.3) is 0 Å². The van der Waals surface area contributed by atoms with E-state index in [-0.39, 0.29) is 24.4 Å². The summed E-state index contributed by atoms with van der Waals surface area (Å²) in [5.41, 5.74) is -4.23. The van der Waals surface area contributed by atoms with Gasteiger partial charge >= 0.3 is 5.97 Å². The maximum Gasteiger partial charge on any atom is 0.333 e. The summed E-state index contributed by atoms with van der Waals surface area (Å²) in [4.78, 5) is 26.3. The lowest BCUT2D eigenvalue weighted by Gasteiger charge is -2.46. The summed E-state index contributed by atoms with van der Waals surface area (Å²) in [6, 6.07) is 0. The van der Waals surface area contributed by atoms with Gasteiger partial charge in [0.1, 0.15) is 24.4 Å². The molecule has 4 rings (SSSR count). The highest BCUT2D eigenvalue weighted by atomic mass is 16.5. The lowest BCUT2D eigenvalue weighted by molar-refractivity contribution is -0.183. The number of carbonyl (C=O) groups excluding carboxylic acids is 2. The van der Waals surface area contributed by atoms with Gasteiger partial charge in [-0.1, -0.05) is 32.1 Å². The molecular weight excluding hydrogens is 412 g/mol. The van der Waals surface area contributed by atoms with Gasteiger partial charge in [-0.15, -0.1) is 0 Å². The maximum atomic E-state index is 14.1. The zero-order chi connectivity index (χ0) is 23.9. The minimum Gasteiger partial charge on any atom is -0.458 e. The molecule has 0 saturated heterocycles. The Morgan fingerprint density at radius 1 is 1.22 bits per heavy atom. The number of hydrogen-bond donors (Lipinski definition) is 4. The van der Waals surface area contributed by atoms with E-state index in [1.54, 1.807) is 39.0 Å². The lowest BCUT2D eigenvalue weighted by Crippen LogP contribution is -2.63. The van der Waals surface area contributed by atoms with Gasteiger partial charge in [0.15, 0.2) is 5.78 Å². The van der Waals surface area contributed by atoms with Crippen LogP contribution in [0.5, 0.6) is 0 Å². The third kappa shape index (κ3) is 2.68. The highest BCUT2D eigenvalue weighted by Crippen LogP contribution is 2.71. The van der Waals surface area contributed by atoms with E-state index >= 15 is 0 Å². The topological polar surface area (TPSA) is 124 Å². The van der Waals surface area contributed by atoms with Gasteiger partial charge in [0.25, 0.3) is 0 Å². The Hall–Kier alpha value is -1.80.